The van der Waals surface area contributed by atoms with Crippen molar-refractivity contribution in [2.24, 2.45) is 0 Å². The number of methoxy groups -OCH3 is 1. The monoisotopic (exact) mass is 326 g/mol. The van der Waals surface area contributed by atoms with Gasteiger partial charge in [-0.15, -0.1) is 0 Å². The third-order valence-electron chi connectivity index (χ3n) is 3.71. The Morgan fingerprint density at radius 1 is 1.21 bits per heavy atom. The van der Waals surface area contributed by atoms with Crippen LogP contribution in [0.5, 0.6) is 23.0 Å². The third-order valence-corrected chi connectivity index (χ3v) is 3.71. The Bertz CT molecular complexity index is 807. The molecule has 1 N–H and O–H groups in total. The number of ether oxygens (including phenoxy) is 3. The lowest BCUT2D eigenvalue weighted by Crippen LogP contribution is -2.18. The van der Waals surface area contributed by atoms with Crippen LogP contribution in [0, 0.1) is 0 Å². The fourth-order valence-electron chi connectivity index (χ4n) is 2.57. The molecular weight excluding hydrogens is 308 g/mol. The molecule has 0 unspecified atom stereocenters. The highest BCUT2D eigenvalue weighted by atomic mass is 16.5. The summed E-state index contributed by atoms with van der Waals surface area (Å²) in [5, 5.41) is 9.47. The molecule has 0 spiro atoms. The lowest BCUT2D eigenvalue weighted by atomic mass is 9.98. The first-order valence-electron chi connectivity index (χ1n) is 7.64. The number of rotatable bonds is 4. The third kappa shape index (κ3) is 3.06. The summed E-state index contributed by atoms with van der Waals surface area (Å²) in [7, 11) is 1.58. The normalized spacial score (nSPS) is 14.9. The zero-order chi connectivity index (χ0) is 17.1. The molecule has 5 nitrogen and oxygen atoms in total. The van der Waals surface area contributed by atoms with Gasteiger partial charge in [-0.25, -0.2) is 0 Å². The minimum Gasteiger partial charge on any atom is -0.508 e. The van der Waals surface area contributed by atoms with E-state index in [0.29, 0.717) is 35.0 Å². The van der Waals surface area contributed by atoms with Crippen molar-refractivity contribution in [2.75, 3.05) is 20.3 Å². The molecule has 5 heteroatoms. The average molecular weight is 326 g/mol. The largest absolute Gasteiger partial charge is 0.508 e. The number of carbonyl (C=O) groups excluding carboxylic acids is 1. The summed E-state index contributed by atoms with van der Waals surface area (Å²) in [4.78, 5) is 12.6. The van der Waals surface area contributed by atoms with Crippen molar-refractivity contribution in [1.82, 2.24) is 0 Å². The smallest absolute Gasteiger partial charge is 0.196 e. The summed E-state index contributed by atoms with van der Waals surface area (Å²) in [5.74, 6) is 1.64. The lowest BCUT2D eigenvalue weighted by Gasteiger charge is -2.19. The number of Topliss-reactive ketones (excluding diaryl/α,β-unsaturated/α-hetero) is 1. The molecule has 124 valence electrons. The molecule has 2 aromatic rings. The van der Waals surface area contributed by atoms with Crippen LogP contribution >= 0.6 is 0 Å². The first kappa shape index (κ1) is 15.9. The van der Waals surface area contributed by atoms with Crippen LogP contribution in [0.2, 0.25) is 0 Å². The lowest BCUT2D eigenvalue weighted by molar-refractivity contribution is 0.100. The summed E-state index contributed by atoms with van der Waals surface area (Å²) in [6.07, 6.45) is 1.77. The van der Waals surface area contributed by atoms with Crippen LogP contribution < -0.4 is 14.2 Å². The Morgan fingerprint density at radius 2 is 2.04 bits per heavy atom. The van der Waals surface area contributed by atoms with Gasteiger partial charge in [0, 0.05) is 11.6 Å². The average Bonchev–Trinajstić information content (AvgIpc) is 2.58. The number of aromatic hydroxyl groups is 1. The van der Waals surface area contributed by atoms with E-state index in [1.165, 1.54) is 12.1 Å². The van der Waals surface area contributed by atoms with Crippen molar-refractivity contribution < 1.29 is 24.1 Å². The molecule has 0 atom stereocenters. The van der Waals surface area contributed by atoms with Crippen LogP contribution in [0.4, 0.5) is 0 Å². The summed E-state index contributed by atoms with van der Waals surface area (Å²) < 4.78 is 16.4. The molecule has 0 radical (unpaired) electrons. The van der Waals surface area contributed by atoms with Crippen LogP contribution in [0.25, 0.3) is 6.08 Å². The number of benzene rings is 2. The van der Waals surface area contributed by atoms with E-state index in [9.17, 15) is 9.90 Å². The van der Waals surface area contributed by atoms with E-state index < -0.39 is 0 Å². The maximum absolute atomic E-state index is 12.6. The highest BCUT2D eigenvalue weighted by Crippen LogP contribution is 2.32. The van der Waals surface area contributed by atoms with Gasteiger partial charge in [-0.05, 0) is 42.8 Å². The molecular formula is C19H18O5. The van der Waals surface area contributed by atoms with Gasteiger partial charge < -0.3 is 19.3 Å². The van der Waals surface area contributed by atoms with Gasteiger partial charge in [0.1, 0.15) is 18.1 Å². The van der Waals surface area contributed by atoms with E-state index in [1.807, 2.05) is 25.1 Å². The maximum Gasteiger partial charge on any atom is 0.196 e. The van der Waals surface area contributed by atoms with Crippen molar-refractivity contribution in [1.29, 1.82) is 0 Å². The molecule has 0 saturated heterocycles. The fraction of sp³-hybridized carbons (Fsp3) is 0.211. The Labute approximate surface area is 140 Å². The van der Waals surface area contributed by atoms with E-state index in [1.54, 1.807) is 19.3 Å². The molecule has 0 aromatic heterocycles. The van der Waals surface area contributed by atoms with Crippen molar-refractivity contribution >= 4 is 11.9 Å². The van der Waals surface area contributed by atoms with Gasteiger partial charge >= 0.3 is 0 Å². The van der Waals surface area contributed by atoms with Crippen molar-refractivity contribution in [3.05, 3.63) is 53.1 Å². The van der Waals surface area contributed by atoms with Gasteiger partial charge in [0.2, 0.25) is 0 Å². The number of carbonyl (C=O) groups is 1. The Balaban J connectivity index is 1.92. The number of ketones is 1. The molecule has 0 aliphatic carbocycles. The number of hydrogen-bond acceptors (Lipinski definition) is 5. The van der Waals surface area contributed by atoms with Gasteiger partial charge in [-0.2, -0.15) is 0 Å². The standard InChI is InChI=1S/C19H18O5/c1-3-23-16-7-4-12(9-18(16)22-2)8-13-11-24-17-10-14(20)5-6-15(17)19(13)21/h4-10,20H,3,11H2,1-2H3. The second-order valence-electron chi connectivity index (χ2n) is 5.31. The first-order chi connectivity index (χ1) is 11.6. The number of phenolic OH excluding ortho intramolecular Hbond substituents is 1. The fourth-order valence-corrected chi connectivity index (χ4v) is 2.57. The highest BCUT2D eigenvalue weighted by molar-refractivity contribution is 6.14. The number of hydrogen-bond donors (Lipinski definition) is 1. The minimum atomic E-state index is -0.107. The van der Waals surface area contributed by atoms with Gasteiger partial charge in [-0.3, -0.25) is 4.79 Å². The SMILES string of the molecule is CCOc1ccc(C=C2COc3cc(O)ccc3C2=O)cc1OC. The molecule has 0 bridgehead atoms. The Kier molecular flexibility index (Phi) is 4.42. The van der Waals surface area contributed by atoms with Gasteiger partial charge in [-0.1, -0.05) is 6.07 Å². The van der Waals surface area contributed by atoms with Gasteiger partial charge in [0.15, 0.2) is 17.3 Å². The summed E-state index contributed by atoms with van der Waals surface area (Å²) in [5.41, 5.74) is 1.81. The molecule has 1 aliphatic rings. The van der Waals surface area contributed by atoms with E-state index in [-0.39, 0.29) is 18.1 Å². The van der Waals surface area contributed by atoms with Crippen LogP contribution in [-0.4, -0.2) is 31.2 Å². The molecule has 2 aromatic carbocycles. The van der Waals surface area contributed by atoms with Crippen LogP contribution in [0.15, 0.2) is 42.0 Å². The maximum atomic E-state index is 12.6. The zero-order valence-electron chi connectivity index (χ0n) is 13.5. The van der Waals surface area contributed by atoms with E-state index >= 15 is 0 Å². The molecule has 0 saturated carbocycles. The van der Waals surface area contributed by atoms with Crippen molar-refractivity contribution in [3.63, 3.8) is 0 Å². The molecule has 0 fully saturated rings. The zero-order valence-corrected chi connectivity index (χ0v) is 13.5. The van der Waals surface area contributed by atoms with Crippen molar-refractivity contribution in [2.45, 2.75) is 6.92 Å². The summed E-state index contributed by atoms with van der Waals surface area (Å²) in [6, 6.07) is 9.98. The van der Waals surface area contributed by atoms with E-state index in [2.05, 4.69) is 0 Å². The Hall–Kier alpha value is -2.95. The first-order valence-corrected chi connectivity index (χ1v) is 7.64. The van der Waals surface area contributed by atoms with Crippen LogP contribution in [0.1, 0.15) is 22.8 Å². The molecule has 3 rings (SSSR count). The van der Waals surface area contributed by atoms with E-state index in [0.717, 1.165) is 5.56 Å². The summed E-state index contributed by atoms with van der Waals surface area (Å²) in [6.45, 7) is 2.61. The second kappa shape index (κ2) is 6.66. The molecule has 24 heavy (non-hydrogen) atoms. The predicted molar refractivity (Wildman–Crippen MR) is 90.1 cm³/mol. The number of fused-ring (bicyclic) bond motifs is 1. The predicted octanol–water partition coefficient (Wildman–Crippen LogP) is 3.46. The van der Waals surface area contributed by atoms with E-state index in [4.69, 9.17) is 14.2 Å². The minimum absolute atomic E-state index is 0.0743. The molecule has 0 amide bonds. The molecule has 1 heterocycles. The van der Waals surface area contributed by atoms with Gasteiger partial charge in [0.25, 0.3) is 0 Å². The van der Waals surface area contributed by atoms with Gasteiger partial charge in [0.05, 0.1) is 19.3 Å². The summed E-state index contributed by atoms with van der Waals surface area (Å²) >= 11 is 0. The van der Waals surface area contributed by atoms with Crippen molar-refractivity contribution in [3.8, 4) is 23.0 Å². The second-order valence-corrected chi connectivity index (χ2v) is 5.31. The molecule has 1 aliphatic heterocycles. The topological polar surface area (TPSA) is 65.0 Å². The highest BCUT2D eigenvalue weighted by Gasteiger charge is 2.23. The quantitative estimate of drug-likeness (QED) is 0.872. The number of phenols is 1. The van der Waals surface area contributed by atoms with Crippen LogP contribution in [0.3, 0.4) is 0 Å². The Morgan fingerprint density at radius 3 is 2.79 bits per heavy atom. The van der Waals surface area contributed by atoms with Crippen LogP contribution in [-0.2, 0) is 0 Å².